The monoisotopic (exact) mass is 320 g/mol. The number of benzene rings is 1. The number of nitrogens with one attached hydrogen (secondary N) is 1. The van der Waals surface area contributed by atoms with Crippen molar-refractivity contribution in [3.05, 3.63) is 60.7 Å². The van der Waals surface area contributed by atoms with Gasteiger partial charge in [-0.15, -0.1) is 0 Å². The van der Waals surface area contributed by atoms with Crippen LogP contribution < -0.4 is 10.1 Å². The van der Waals surface area contributed by atoms with E-state index in [1.54, 1.807) is 19.5 Å². The first-order valence-electron chi connectivity index (χ1n) is 7.54. The molecule has 0 fully saturated rings. The van der Waals surface area contributed by atoms with E-state index in [0.29, 0.717) is 5.76 Å². The quantitative estimate of drug-likeness (QED) is 0.614. The lowest BCUT2D eigenvalue weighted by Crippen LogP contribution is -1.97. The SMILES string of the molecule is COc1ccc(Nc2c(-c3ccc(C)o3)nc3cnccn23)cc1. The third kappa shape index (κ3) is 2.48. The van der Waals surface area contributed by atoms with E-state index in [2.05, 4.69) is 15.3 Å². The van der Waals surface area contributed by atoms with Crippen molar-refractivity contribution < 1.29 is 9.15 Å². The molecule has 0 aliphatic heterocycles. The molecule has 0 unspecified atom stereocenters. The van der Waals surface area contributed by atoms with Crippen LogP contribution in [0.2, 0.25) is 0 Å². The lowest BCUT2D eigenvalue weighted by Gasteiger charge is -2.08. The van der Waals surface area contributed by atoms with E-state index in [-0.39, 0.29) is 0 Å². The standard InChI is InChI=1S/C18H16N4O2/c1-12-3-8-15(24-12)17-18(22-10-9-19-11-16(22)21-17)20-13-4-6-14(23-2)7-5-13/h3-11,20H,1-2H3. The molecule has 0 amide bonds. The summed E-state index contributed by atoms with van der Waals surface area (Å²) in [7, 11) is 1.65. The Kier molecular flexibility index (Phi) is 3.42. The fourth-order valence-corrected chi connectivity index (χ4v) is 2.57. The Hall–Kier alpha value is -3.28. The Bertz CT molecular complexity index is 986. The zero-order chi connectivity index (χ0) is 16.5. The molecule has 0 spiro atoms. The molecule has 1 N–H and O–H groups in total. The first-order valence-corrected chi connectivity index (χ1v) is 7.54. The van der Waals surface area contributed by atoms with Crippen molar-refractivity contribution in [2.75, 3.05) is 12.4 Å². The number of nitrogens with zero attached hydrogens (tertiary/aromatic N) is 3. The molecule has 0 atom stereocenters. The second kappa shape index (κ2) is 5.73. The summed E-state index contributed by atoms with van der Waals surface area (Å²) in [5.41, 5.74) is 2.42. The van der Waals surface area contributed by atoms with E-state index in [1.165, 1.54) is 0 Å². The second-order valence-corrected chi connectivity index (χ2v) is 5.38. The van der Waals surface area contributed by atoms with Gasteiger partial charge in [0.25, 0.3) is 0 Å². The molecule has 0 saturated carbocycles. The normalized spacial score (nSPS) is 10.9. The summed E-state index contributed by atoms with van der Waals surface area (Å²) in [5.74, 6) is 3.19. The number of ether oxygens (including phenoxy) is 1. The Morgan fingerprint density at radius 2 is 1.96 bits per heavy atom. The van der Waals surface area contributed by atoms with Crippen LogP contribution in [0.25, 0.3) is 17.1 Å². The molecule has 120 valence electrons. The van der Waals surface area contributed by atoms with E-state index in [1.807, 2.05) is 53.9 Å². The first kappa shape index (κ1) is 14.3. The van der Waals surface area contributed by atoms with Gasteiger partial charge in [0.1, 0.15) is 23.0 Å². The molecule has 3 aromatic heterocycles. The summed E-state index contributed by atoms with van der Waals surface area (Å²) in [5, 5.41) is 3.41. The Labute approximate surface area is 138 Å². The van der Waals surface area contributed by atoms with Crippen molar-refractivity contribution in [1.29, 1.82) is 0 Å². The number of furan rings is 1. The lowest BCUT2D eigenvalue weighted by molar-refractivity contribution is 0.415. The highest BCUT2D eigenvalue weighted by Crippen LogP contribution is 2.32. The molecule has 6 heteroatoms. The van der Waals surface area contributed by atoms with Crippen LogP contribution in [0, 0.1) is 6.92 Å². The molecule has 0 radical (unpaired) electrons. The van der Waals surface area contributed by atoms with Gasteiger partial charge < -0.3 is 14.5 Å². The molecular weight excluding hydrogens is 304 g/mol. The zero-order valence-electron chi connectivity index (χ0n) is 13.4. The van der Waals surface area contributed by atoms with Gasteiger partial charge >= 0.3 is 0 Å². The zero-order valence-corrected chi connectivity index (χ0v) is 13.4. The van der Waals surface area contributed by atoms with Crippen molar-refractivity contribution in [3.8, 4) is 17.2 Å². The van der Waals surface area contributed by atoms with Gasteiger partial charge in [-0.1, -0.05) is 0 Å². The molecule has 6 nitrogen and oxygen atoms in total. The summed E-state index contributed by atoms with van der Waals surface area (Å²) < 4.78 is 12.9. The van der Waals surface area contributed by atoms with Crippen LogP contribution in [0.15, 0.2) is 59.4 Å². The number of aryl methyl sites for hydroxylation is 1. The van der Waals surface area contributed by atoms with Crippen molar-refractivity contribution in [3.63, 3.8) is 0 Å². The average Bonchev–Trinajstić information content (AvgIpc) is 3.20. The number of hydrogen-bond donors (Lipinski definition) is 1. The third-order valence-electron chi connectivity index (χ3n) is 3.76. The number of hydrogen-bond acceptors (Lipinski definition) is 5. The van der Waals surface area contributed by atoms with Gasteiger partial charge in [0.2, 0.25) is 0 Å². The Morgan fingerprint density at radius 3 is 2.67 bits per heavy atom. The molecule has 3 heterocycles. The molecular formula is C18H16N4O2. The fraction of sp³-hybridized carbons (Fsp3) is 0.111. The molecule has 1 aromatic carbocycles. The van der Waals surface area contributed by atoms with Crippen LogP contribution in [-0.2, 0) is 0 Å². The fourth-order valence-electron chi connectivity index (χ4n) is 2.57. The summed E-state index contributed by atoms with van der Waals surface area (Å²) in [6.45, 7) is 1.91. The minimum absolute atomic E-state index is 0.715. The van der Waals surface area contributed by atoms with E-state index >= 15 is 0 Å². The highest BCUT2D eigenvalue weighted by Gasteiger charge is 2.17. The van der Waals surface area contributed by atoms with Gasteiger partial charge in [-0.3, -0.25) is 9.38 Å². The maximum Gasteiger partial charge on any atom is 0.157 e. The summed E-state index contributed by atoms with van der Waals surface area (Å²) in [4.78, 5) is 8.78. The molecule has 0 aliphatic carbocycles. The van der Waals surface area contributed by atoms with Crippen LogP contribution in [0.5, 0.6) is 5.75 Å². The first-order chi connectivity index (χ1) is 11.7. The van der Waals surface area contributed by atoms with Crippen molar-refractivity contribution in [2.45, 2.75) is 6.92 Å². The van der Waals surface area contributed by atoms with Crippen molar-refractivity contribution in [1.82, 2.24) is 14.4 Å². The van der Waals surface area contributed by atoms with Crippen LogP contribution in [0.3, 0.4) is 0 Å². The van der Waals surface area contributed by atoms with Crippen LogP contribution in [-0.4, -0.2) is 21.5 Å². The van der Waals surface area contributed by atoms with Gasteiger partial charge in [0, 0.05) is 18.1 Å². The third-order valence-corrected chi connectivity index (χ3v) is 3.76. The number of aromatic nitrogens is 3. The Balaban J connectivity index is 1.82. The Morgan fingerprint density at radius 1 is 1.12 bits per heavy atom. The van der Waals surface area contributed by atoms with E-state index in [9.17, 15) is 0 Å². The predicted molar refractivity (Wildman–Crippen MR) is 91.7 cm³/mol. The highest BCUT2D eigenvalue weighted by molar-refractivity contribution is 5.77. The largest absolute Gasteiger partial charge is 0.497 e. The topological polar surface area (TPSA) is 64.6 Å². The van der Waals surface area contributed by atoms with Crippen LogP contribution in [0.1, 0.15) is 5.76 Å². The number of anilines is 2. The van der Waals surface area contributed by atoms with Gasteiger partial charge in [0.15, 0.2) is 11.4 Å². The van der Waals surface area contributed by atoms with Gasteiger partial charge in [-0.25, -0.2) is 4.98 Å². The summed E-state index contributed by atoms with van der Waals surface area (Å²) in [6, 6.07) is 11.6. The van der Waals surface area contributed by atoms with Crippen molar-refractivity contribution in [2.24, 2.45) is 0 Å². The smallest absolute Gasteiger partial charge is 0.157 e. The summed E-state index contributed by atoms with van der Waals surface area (Å²) in [6.07, 6.45) is 5.32. The molecule has 0 aliphatic rings. The predicted octanol–water partition coefficient (Wildman–Crippen LogP) is 4.05. The number of imidazole rings is 1. The van der Waals surface area contributed by atoms with E-state index < -0.39 is 0 Å². The minimum atomic E-state index is 0.715. The molecule has 0 bridgehead atoms. The number of methoxy groups -OCH3 is 1. The maximum absolute atomic E-state index is 5.76. The van der Waals surface area contributed by atoms with Gasteiger partial charge in [-0.05, 0) is 43.3 Å². The van der Waals surface area contributed by atoms with Crippen LogP contribution in [0.4, 0.5) is 11.5 Å². The van der Waals surface area contributed by atoms with Crippen LogP contribution >= 0.6 is 0 Å². The molecule has 24 heavy (non-hydrogen) atoms. The van der Waals surface area contributed by atoms with E-state index in [0.717, 1.165) is 34.4 Å². The maximum atomic E-state index is 5.76. The van der Waals surface area contributed by atoms with Crippen molar-refractivity contribution >= 4 is 17.2 Å². The second-order valence-electron chi connectivity index (χ2n) is 5.38. The summed E-state index contributed by atoms with van der Waals surface area (Å²) >= 11 is 0. The molecule has 0 saturated heterocycles. The van der Waals surface area contributed by atoms with E-state index in [4.69, 9.17) is 9.15 Å². The minimum Gasteiger partial charge on any atom is -0.497 e. The number of fused-ring (bicyclic) bond motifs is 1. The van der Waals surface area contributed by atoms with Gasteiger partial charge in [-0.2, -0.15) is 0 Å². The highest BCUT2D eigenvalue weighted by atomic mass is 16.5. The number of rotatable bonds is 4. The lowest BCUT2D eigenvalue weighted by atomic mass is 10.3. The average molecular weight is 320 g/mol. The molecule has 4 rings (SSSR count). The van der Waals surface area contributed by atoms with Gasteiger partial charge in [0.05, 0.1) is 13.3 Å². The molecule has 4 aromatic rings.